The Morgan fingerprint density at radius 1 is 1.17 bits per heavy atom. The van der Waals surface area contributed by atoms with Gasteiger partial charge in [0.25, 0.3) is 5.91 Å². The summed E-state index contributed by atoms with van der Waals surface area (Å²) >= 11 is 0. The lowest BCUT2D eigenvalue weighted by molar-refractivity contribution is -0.165. The van der Waals surface area contributed by atoms with Crippen LogP contribution in [0.3, 0.4) is 0 Å². The number of fused-ring (bicyclic) bond motifs is 5. The summed E-state index contributed by atoms with van der Waals surface area (Å²) < 4.78 is 5.23. The van der Waals surface area contributed by atoms with Crippen LogP contribution in [0.15, 0.2) is 53.6 Å². The molecule has 3 aromatic rings. The number of carbonyl (C=O) groups is 2. The Morgan fingerprint density at radius 3 is 2.83 bits per heavy atom. The highest BCUT2D eigenvalue weighted by molar-refractivity contribution is 6.01. The van der Waals surface area contributed by atoms with Crippen molar-refractivity contribution in [2.45, 2.75) is 18.9 Å². The summed E-state index contributed by atoms with van der Waals surface area (Å²) in [5, 5.41) is 6.74. The van der Waals surface area contributed by atoms with Crippen molar-refractivity contribution in [3.05, 3.63) is 65.4 Å². The lowest BCUT2D eigenvalue weighted by Crippen LogP contribution is -2.65. The molecule has 0 unspecified atom stereocenters. The number of nitrogens with one attached hydrogen (secondary N) is 1. The average Bonchev–Trinajstić information content (AvgIpc) is 3.16. The van der Waals surface area contributed by atoms with Crippen LogP contribution in [-0.2, 0) is 21.5 Å². The van der Waals surface area contributed by atoms with Crippen LogP contribution in [0.2, 0.25) is 0 Å². The third-order valence-electron chi connectivity index (χ3n) is 6.10. The van der Waals surface area contributed by atoms with Gasteiger partial charge in [0.05, 0.1) is 19.0 Å². The molecule has 30 heavy (non-hydrogen) atoms. The standard InChI is InChI=1S/C23H22N4O3/c1-23-21-18(17-8-3-4-9-19(17)25-21)10-11-26(23)20(28)14-27(22(23)29)24-13-15-6-5-7-16(12-15)30-2/h3-9,12-13,25H,10-11,14H2,1-2H3/b24-13-/t23-/m1/s1. The van der Waals surface area contributed by atoms with Crippen molar-refractivity contribution in [2.75, 3.05) is 20.2 Å². The fourth-order valence-electron chi connectivity index (χ4n) is 4.54. The number of piperazine rings is 1. The Morgan fingerprint density at radius 2 is 2.00 bits per heavy atom. The van der Waals surface area contributed by atoms with Crippen LogP contribution in [0.1, 0.15) is 23.7 Å². The molecular formula is C23H22N4O3. The number of rotatable bonds is 3. The van der Waals surface area contributed by atoms with E-state index in [4.69, 9.17) is 4.74 Å². The van der Waals surface area contributed by atoms with E-state index in [1.165, 1.54) is 5.01 Å². The molecule has 7 nitrogen and oxygen atoms in total. The first-order chi connectivity index (χ1) is 14.5. The number of benzene rings is 2. The third-order valence-corrected chi connectivity index (χ3v) is 6.10. The van der Waals surface area contributed by atoms with Crippen LogP contribution in [0.5, 0.6) is 5.75 Å². The van der Waals surface area contributed by atoms with Crippen LogP contribution in [0, 0.1) is 0 Å². The molecule has 0 radical (unpaired) electrons. The predicted octanol–water partition coefficient (Wildman–Crippen LogP) is 2.65. The first-order valence-corrected chi connectivity index (χ1v) is 9.93. The van der Waals surface area contributed by atoms with E-state index in [2.05, 4.69) is 16.2 Å². The number of H-pyrrole nitrogens is 1. The first-order valence-electron chi connectivity index (χ1n) is 9.93. The van der Waals surface area contributed by atoms with Gasteiger partial charge in [0.2, 0.25) is 5.91 Å². The van der Waals surface area contributed by atoms with Crippen molar-refractivity contribution in [2.24, 2.45) is 5.10 Å². The smallest absolute Gasteiger partial charge is 0.275 e. The largest absolute Gasteiger partial charge is 0.497 e. The number of ether oxygens (including phenoxy) is 1. The zero-order valence-electron chi connectivity index (χ0n) is 16.9. The van der Waals surface area contributed by atoms with Crippen LogP contribution >= 0.6 is 0 Å². The average molecular weight is 402 g/mol. The molecule has 1 fully saturated rings. The predicted molar refractivity (Wildman–Crippen MR) is 113 cm³/mol. The van der Waals surface area contributed by atoms with Gasteiger partial charge in [-0.2, -0.15) is 5.10 Å². The van der Waals surface area contributed by atoms with Crippen LogP contribution < -0.4 is 4.74 Å². The zero-order valence-corrected chi connectivity index (χ0v) is 16.9. The highest BCUT2D eigenvalue weighted by Gasteiger charge is 2.54. The van der Waals surface area contributed by atoms with E-state index in [1.54, 1.807) is 18.2 Å². The van der Waals surface area contributed by atoms with Crippen LogP contribution in [-0.4, -0.2) is 53.1 Å². The van der Waals surface area contributed by atoms with Gasteiger partial charge in [-0.15, -0.1) is 0 Å². The van der Waals surface area contributed by atoms with Crippen molar-refractivity contribution < 1.29 is 14.3 Å². The lowest BCUT2D eigenvalue weighted by Gasteiger charge is -2.48. The third kappa shape index (κ3) is 2.62. The summed E-state index contributed by atoms with van der Waals surface area (Å²) in [5.74, 6) is 0.381. The second-order valence-corrected chi connectivity index (χ2v) is 7.78. The topological polar surface area (TPSA) is 78.0 Å². The van der Waals surface area contributed by atoms with Gasteiger partial charge in [-0.05, 0) is 42.7 Å². The van der Waals surface area contributed by atoms with Gasteiger partial charge in [-0.25, -0.2) is 5.01 Å². The molecule has 0 spiro atoms. The number of hydrogen-bond acceptors (Lipinski definition) is 4. The molecule has 2 aromatic carbocycles. The minimum atomic E-state index is -1.10. The first kappa shape index (κ1) is 18.4. The summed E-state index contributed by atoms with van der Waals surface area (Å²) in [6.45, 7) is 2.27. The minimum absolute atomic E-state index is 0.0650. The molecule has 0 saturated carbocycles. The Bertz CT molecular complexity index is 1200. The molecule has 0 bridgehead atoms. The molecule has 7 heteroatoms. The maximum atomic E-state index is 13.6. The number of carbonyl (C=O) groups excluding carboxylic acids is 2. The van der Waals surface area contributed by atoms with Crippen LogP contribution in [0.25, 0.3) is 10.9 Å². The summed E-state index contributed by atoms with van der Waals surface area (Å²) in [6, 6.07) is 15.4. The Kier molecular flexibility index (Phi) is 4.13. The van der Waals surface area contributed by atoms with Crippen LogP contribution in [0.4, 0.5) is 0 Å². The summed E-state index contributed by atoms with van der Waals surface area (Å²) in [5.41, 5.74) is 2.55. The van der Waals surface area contributed by atoms with E-state index < -0.39 is 5.54 Å². The Hall–Kier alpha value is -3.61. The molecule has 1 atom stereocenters. The van der Waals surface area contributed by atoms with Gasteiger partial charge >= 0.3 is 0 Å². The van der Waals surface area contributed by atoms with E-state index in [0.717, 1.165) is 34.1 Å². The number of hydrogen-bond donors (Lipinski definition) is 1. The molecule has 1 N–H and O–H groups in total. The lowest BCUT2D eigenvalue weighted by atomic mass is 9.83. The highest BCUT2D eigenvalue weighted by Crippen LogP contribution is 2.41. The minimum Gasteiger partial charge on any atom is -0.497 e. The summed E-state index contributed by atoms with van der Waals surface area (Å²) in [4.78, 5) is 31.6. The van der Waals surface area contributed by atoms with Gasteiger partial charge in [-0.3, -0.25) is 9.59 Å². The summed E-state index contributed by atoms with van der Waals surface area (Å²) in [7, 11) is 1.60. The molecule has 0 aliphatic carbocycles. The Labute approximate surface area is 173 Å². The second kappa shape index (κ2) is 6.73. The maximum absolute atomic E-state index is 13.6. The van der Waals surface area contributed by atoms with E-state index in [0.29, 0.717) is 12.3 Å². The van der Waals surface area contributed by atoms with Gasteiger partial charge in [0.15, 0.2) is 5.54 Å². The highest BCUT2D eigenvalue weighted by atomic mass is 16.5. The molecule has 2 aliphatic rings. The van der Waals surface area contributed by atoms with E-state index in [1.807, 2.05) is 49.4 Å². The van der Waals surface area contributed by atoms with Gasteiger partial charge in [0, 0.05) is 17.4 Å². The number of methoxy groups -OCH3 is 1. The molecule has 2 aliphatic heterocycles. The van der Waals surface area contributed by atoms with Gasteiger partial charge in [-0.1, -0.05) is 30.3 Å². The second-order valence-electron chi connectivity index (χ2n) is 7.78. The van der Waals surface area contributed by atoms with Crippen molar-refractivity contribution in [3.63, 3.8) is 0 Å². The summed E-state index contributed by atoms with van der Waals surface area (Å²) in [6.07, 6.45) is 2.31. The Balaban J connectivity index is 1.54. The molecule has 3 heterocycles. The quantitative estimate of drug-likeness (QED) is 0.684. The monoisotopic (exact) mass is 402 g/mol. The van der Waals surface area contributed by atoms with Gasteiger partial charge < -0.3 is 14.6 Å². The van der Waals surface area contributed by atoms with Gasteiger partial charge in [0.1, 0.15) is 12.3 Å². The van der Waals surface area contributed by atoms with Crippen molar-refractivity contribution in [1.29, 1.82) is 0 Å². The molecule has 2 amide bonds. The number of para-hydroxylation sites is 1. The fourth-order valence-corrected chi connectivity index (χ4v) is 4.54. The van der Waals surface area contributed by atoms with E-state index in [9.17, 15) is 9.59 Å². The van der Waals surface area contributed by atoms with Crippen molar-refractivity contribution in [3.8, 4) is 5.75 Å². The molecule has 5 rings (SSSR count). The zero-order chi connectivity index (χ0) is 20.9. The molecule has 1 saturated heterocycles. The van der Waals surface area contributed by atoms with E-state index >= 15 is 0 Å². The maximum Gasteiger partial charge on any atom is 0.275 e. The van der Waals surface area contributed by atoms with Crippen molar-refractivity contribution >= 4 is 28.9 Å². The number of hydrazone groups is 1. The molecule has 1 aromatic heterocycles. The normalized spacial score (nSPS) is 21.3. The number of amides is 2. The number of nitrogens with zero attached hydrogens (tertiary/aromatic N) is 3. The molecular weight excluding hydrogens is 380 g/mol. The van der Waals surface area contributed by atoms with E-state index in [-0.39, 0.29) is 18.4 Å². The van der Waals surface area contributed by atoms with Crippen molar-refractivity contribution in [1.82, 2.24) is 14.9 Å². The number of aromatic amines is 1. The number of aromatic nitrogens is 1. The molecule has 152 valence electrons. The SMILES string of the molecule is COc1cccc(/C=N\N2CC(=O)N3CCc4c([nH]c5ccccc45)[C@]3(C)C2=O)c1. The fraction of sp³-hybridized carbons (Fsp3) is 0.261.